The van der Waals surface area contributed by atoms with Crippen LogP contribution in [-0.4, -0.2) is 22.9 Å². The van der Waals surface area contributed by atoms with Crippen molar-refractivity contribution in [2.75, 3.05) is 5.73 Å². The van der Waals surface area contributed by atoms with Crippen LogP contribution >= 0.6 is 11.3 Å². The molecule has 1 heterocycles. The van der Waals surface area contributed by atoms with Crippen molar-refractivity contribution in [2.24, 2.45) is 0 Å². The fourth-order valence-electron chi connectivity index (χ4n) is 2.79. The first-order chi connectivity index (χ1) is 10.1. The molecule has 4 nitrogen and oxygen atoms in total. The lowest BCUT2D eigenvalue weighted by Gasteiger charge is -2.12. The molecule has 1 aliphatic carbocycles. The van der Waals surface area contributed by atoms with E-state index in [-0.39, 0.29) is 5.78 Å². The molecule has 2 aromatic rings. The van der Waals surface area contributed by atoms with E-state index in [0.29, 0.717) is 21.6 Å². The van der Waals surface area contributed by atoms with Crippen LogP contribution < -0.4 is 11.2 Å². The second kappa shape index (κ2) is 5.64. The number of nitrogens with two attached hydrogens (primary N) is 1. The van der Waals surface area contributed by atoms with Gasteiger partial charge in [0.2, 0.25) is 0 Å². The Bertz CT molecular complexity index is 679. The highest BCUT2D eigenvalue weighted by Gasteiger charge is 2.25. The third-order valence-electron chi connectivity index (χ3n) is 3.90. The summed E-state index contributed by atoms with van der Waals surface area (Å²) in [7, 11) is -1.52. The van der Waals surface area contributed by atoms with Crippen LogP contribution in [0.1, 0.15) is 39.2 Å². The third kappa shape index (κ3) is 2.62. The summed E-state index contributed by atoms with van der Waals surface area (Å²) < 4.78 is 0. The zero-order valence-electron chi connectivity index (χ0n) is 11.5. The number of carbonyl (C=O) groups excluding carboxylic acids is 1. The van der Waals surface area contributed by atoms with Crippen molar-refractivity contribution in [3.8, 4) is 0 Å². The van der Waals surface area contributed by atoms with E-state index in [1.807, 2.05) is 0 Å². The summed E-state index contributed by atoms with van der Waals surface area (Å²) in [4.78, 5) is 13.9. The molecular formula is C15H16BNO3S. The minimum atomic E-state index is -1.52. The summed E-state index contributed by atoms with van der Waals surface area (Å²) in [5.74, 6) is -0.0779. The van der Waals surface area contributed by atoms with Gasteiger partial charge in [-0.1, -0.05) is 24.3 Å². The molecule has 3 rings (SSSR count). The van der Waals surface area contributed by atoms with E-state index >= 15 is 0 Å². The first-order valence-electron chi connectivity index (χ1n) is 6.98. The van der Waals surface area contributed by atoms with E-state index in [0.717, 1.165) is 31.2 Å². The minimum Gasteiger partial charge on any atom is -0.423 e. The van der Waals surface area contributed by atoms with Gasteiger partial charge in [-0.25, -0.2) is 0 Å². The highest BCUT2D eigenvalue weighted by atomic mass is 32.1. The Morgan fingerprint density at radius 1 is 1.14 bits per heavy atom. The molecular weight excluding hydrogens is 285 g/mol. The summed E-state index contributed by atoms with van der Waals surface area (Å²) >= 11 is 1.52. The van der Waals surface area contributed by atoms with Crippen molar-refractivity contribution in [2.45, 2.75) is 25.7 Å². The van der Waals surface area contributed by atoms with Gasteiger partial charge in [0, 0.05) is 10.4 Å². The van der Waals surface area contributed by atoms with E-state index in [9.17, 15) is 4.79 Å². The zero-order valence-corrected chi connectivity index (χ0v) is 12.3. The molecule has 4 N–H and O–H groups in total. The van der Waals surface area contributed by atoms with Crippen molar-refractivity contribution in [1.82, 2.24) is 0 Å². The lowest BCUT2D eigenvalue weighted by molar-refractivity contribution is 0.103. The summed E-state index contributed by atoms with van der Waals surface area (Å²) in [5, 5.41) is 18.8. The predicted octanol–water partition coefficient (Wildman–Crippen LogP) is 1.12. The zero-order chi connectivity index (χ0) is 15.0. The number of anilines is 1. The number of thiophene rings is 1. The molecule has 0 fully saturated rings. The molecule has 0 bridgehead atoms. The maximum absolute atomic E-state index is 12.7. The molecule has 0 saturated heterocycles. The number of nitrogen functional groups attached to an aromatic ring is 1. The van der Waals surface area contributed by atoms with Gasteiger partial charge >= 0.3 is 7.12 Å². The monoisotopic (exact) mass is 301 g/mol. The molecule has 0 spiro atoms. The van der Waals surface area contributed by atoms with E-state index in [1.54, 1.807) is 24.3 Å². The van der Waals surface area contributed by atoms with Crippen LogP contribution in [0.5, 0.6) is 0 Å². The fourth-order valence-corrected chi connectivity index (χ4v) is 3.94. The van der Waals surface area contributed by atoms with Gasteiger partial charge in [0.05, 0.1) is 10.6 Å². The van der Waals surface area contributed by atoms with Crippen LogP contribution in [0.2, 0.25) is 0 Å². The summed E-state index contributed by atoms with van der Waals surface area (Å²) in [6.45, 7) is 0. The van der Waals surface area contributed by atoms with Crippen LogP contribution in [0.4, 0.5) is 5.00 Å². The van der Waals surface area contributed by atoms with Crippen molar-refractivity contribution in [3.63, 3.8) is 0 Å². The van der Waals surface area contributed by atoms with Gasteiger partial charge in [0.15, 0.2) is 5.78 Å². The van der Waals surface area contributed by atoms with Crippen molar-refractivity contribution in [1.29, 1.82) is 0 Å². The summed E-state index contributed by atoms with van der Waals surface area (Å²) in [6.07, 6.45) is 4.17. The van der Waals surface area contributed by atoms with Crippen molar-refractivity contribution in [3.05, 3.63) is 45.8 Å². The quantitative estimate of drug-likeness (QED) is 0.586. The van der Waals surface area contributed by atoms with Crippen LogP contribution in [0.3, 0.4) is 0 Å². The van der Waals surface area contributed by atoms with Gasteiger partial charge < -0.3 is 15.8 Å². The predicted molar refractivity (Wildman–Crippen MR) is 85.1 cm³/mol. The topological polar surface area (TPSA) is 83.6 Å². The number of benzene rings is 1. The van der Waals surface area contributed by atoms with E-state index in [2.05, 4.69) is 0 Å². The molecule has 0 aliphatic heterocycles. The molecule has 21 heavy (non-hydrogen) atoms. The van der Waals surface area contributed by atoms with Crippen molar-refractivity contribution < 1.29 is 14.8 Å². The maximum atomic E-state index is 12.7. The third-order valence-corrected chi connectivity index (χ3v) is 5.02. The normalized spacial score (nSPS) is 13.8. The number of fused-ring (bicyclic) bond motifs is 1. The number of hydrogen-bond acceptors (Lipinski definition) is 5. The second-order valence-corrected chi connectivity index (χ2v) is 6.41. The van der Waals surface area contributed by atoms with E-state index in [4.69, 9.17) is 15.8 Å². The van der Waals surface area contributed by atoms with E-state index in [1.165, 1.54) is 16.2 Å². The molecule has 0 radical (unpaired) electrons. The smallest absolute Gasteiger partial charge is 0.423 e. The largest absolute Gasteiger partial charge is 0.488 e. The SMILES string of the molecule is Nc1sc2c(c1C(=O)c1ccc(B(O)O)cc1)CCCC2. The Morgan fingerprint density at radius 2 is 1.81 bits per heavy atom. The van der Waals surface area contributed by atoms with Crippen LogP contribution in [0, 0.1) is 0 Å². The average Bonchev–Trinajstić information content (AvgIpc) is 2.82. The summed E-state index contributed by atoms with van der Waals surface area (Å²) in [6, 6.07) is 6.33. The molecule has 0 atom stereocenters. The average molecular weight is 301 g/mol. The standard InChI is InChI=1S/C15H16BNO3S/c17-15-13(11-3-1-2-4-12(11)21-15)14(18)9-5-7-10(8-6-9)16(19)20/h5-8,19-20H,1-4,17H2. The summed E-state index contributed by atoms with van der Waals surface area (Å²) in [5.41, 5.74) is 8.70. The van der Waals surface area contributed by atoms with Gasteiger partial charge in [-0.05, 0) is 36.7 Å². The van der Waals surface area contributed by atoms with Gasteiger partial charge in [0.25, 0.3) is 0 Å². The molecule has 1 aliphatic rings. The van der Waals surface area contributed by atoms with Crippen LogP contribution in [0.15, 0.2) is 24.3 Å². The lowest BCUT2D eigenvalue weighted by Crippen LogP contribution is -2.29. The first kappa shape index (κ1) is 14.3. The Morgan fingerprint density at radius 3 is 2.48 bits per heavy atom. The Balaban J connectivity index is 1.97. The van der Waals surface area contributed by atoms with Crippen LogP contribution in [-0.2, 0) is 12.8 Å². The second-order valence-electron chi connectivity index (χ2n) is 5.27. The number of aryl methyl sites for hydroxylation is 1. The van der Waals surface area contributed by atoms with Gasteiger partial charge in [0.1, 0.15) is 0 Å². The molecule has 1 aromatic carbocycles. The number of carbonyl (C=O) groups is 1. The lowest BCUT2D eigenvalue weighted by atomic mass is 9.79. The Hall–Kier alpha value is -1.63. The van der Waals surface area contributed by atoms with Crippen LogP contribution in [0.25, 0.3) is 0 Å². The maximum Gasteiger partial charge on any atom is 0.488 e. The highest BCUT2D eigenvalue weighted by Crippen LogP contribution is 2.37. The minimum absolute atomic E-state index is 0.0779. The first-order valence-corrected chi connectivity index (χ1v) is 7.80. The molecule has 0 saturated carbocycles. The van der Waals surface area contributed by atoms with Gasteiger partial charge in [-0.15, -0.1) is 11.3 Å². The molecule has 6 heteroatoms. The molecule has 0 unspecified atom stereocenters. The number of ketones is 1. The number of rotatable bonds is 3. The Labute approximate surface area is 127 Å². The highest BCUT2D eigenvalue weighted by molar-refractivity contribution is 7.16. The fraction of sp³-hybridized carbons (Fsp3) is 0.267. The molecule has 108 valence electrons. The Kier molecular flexibility index (Phi) is 3.84. The number of hydrogen-bond donors (Lipinski definition) is 3. The van der Waals surface area contributed by atoms with Crippen molar-refractivity contribution >= 4 is 34.7 Å². The van der Waals surface area contributed by atoms with Gasteiger partial charge in [-0.3, -0.25) is 4.79 Å². The molecule has 1 aromatic heterocycles. The van der Waals surface area contributed by atoms with E-state index < -0.39 is 7.12 Å². The van der Waals surface area contributed by atoms with Gasteiger partial charge in [-0.2, -0.15) is 0 Å². The molecule has 0 amide bonds.